The fourth-order valence-corrected chi connectivity index (χ4v) is 3.52. The van der Waals surface area contributed by atoms with Crippen molar-refractivity contribution in [3.63, 3.8) is 0 Å². The lowest BCUT2D eigenvalue weighted by Crippen LogP contribution is -2.56. The lowest BCUT2D eigenvalue weighted by atomic mass is 9.95. The van der Waals surface area contributed by atoms with Crippen LogP contribution >= 0.6 is 11.3 Å². The molecule has 0 bridgehead atoms. The van der Waals surface area contributed by atoms with Crippen molar-refractivity contribution in [2.24, 2.45) is 5.92 Å². The van der Waals surface area contributed by atoms with Gasteiger partial charge >= 0.3 is 0 Å². The maximum Gasteiger partial charge on any atom is 0.0332 e. The first-order chi connectivity index (χ1) is 8.60. The number of aryl methyl sites for hydroxylation is 1. The molecule has 3 heteroatoms. The number of hydrogen-bond acceptors (Lipinski definition) is 3. The zero-order valence-corrected chi connectivity index (χ0v) is 12.9. The number of nitrogens with zero attached hydrogens (tertiary/aromatic N) is 1. The molecule has 0 aliphatic carbocycles. The van der Waals surface area contributed by atoms with E-state index in [1.54, 1.807) is 0 Å². The molecule has 2 heterocycles. The first-order valence-corrected chi connectivity index (χ1v) is 7.94. The average Bonchev–Trinajstić information content (AvgIpc) is 2.76. The maximum atomic E-state index is 3.70. The van der Waals surface area contributed by atoms with Crippen LogP contribution in [0.2, 0.25) is 0 Å². The summed E-state index contributed by atoms with van der Waals surface area (Å²) in [6, 6.07) is 5.83. The molecule has 3 unspecified atom stereocenters. The van der Waals surface area contributed by atoms with Crippen molar-refractivity contribution in [3.8, 4) is 0 Å². The van der Waals surface area contributed by atoms with E-state index in [2.05, 4.69) is 50.0 Å². The summed E-state index contributed by atoms with van der Waals surface area (Å²) in [6.07, 6.45) is 1.26. The smallest absolute Gasteiger partial charge is 0.0332 e. The van der Waals surface area contributed by atoms with E-state index in [0.717, 1.165) is 19.0 Å². The van der Waals surface area contributed by atoms with Crippen molar-refractivity contribution in [2.75, 3.05) is 13.1 Å². The van der Waals surface area contributed by atoms with Crippen LogP contribution in [0, 0.1) is 12.8 Å². The van der Waals surface area contributed by atoms with E-state index < -0.39 is 0 Å². The summed E-state index contributed by atoms with van der Waals surface area (Å²) in [6.45, 7) is 12.6. The Balaban J connectivity index is 1.97. The zero-order chi connectivity index (χ0) is 13.1. The minimum atomic E-state index is 0.646. The van der Waals surface area contributed by atoms with Crippen LogP contribution < -0.4 is 5.32 Å². The molecule has 1 aromatic rings. The van der Waals surface area contributed by atoms with Crippen LogP contribution in [-0.2, 0) is 6.54 Å². The predicted molar refractivity (Wildman–Crippen MR) is 80.2 cm³/mol. The molecule has 1 aliphatic rings. The van der Waals surface area contributed by atoms with Crippen molar-refractivity contribution in [2.45, 2.75) is 52.7 Å². The van der Waals surface area contributed by atoms with Gasteiger partial charge in [0.15, 0.2) is 0 Å². The van der Waals surface area contributed by atoms with Gasteiger partial charge in [-0.2, -0.15) is 0 Å². The van der Waals surface area contributed by atoms with E-state index in [0.29, 0.717) is 12.1 Å². The summed E-state index contributed by atoms with van der Waals surface area (Å²) in [7, 11) is 0. The summed E-state index contributed by atoms with van der Waals surface area (Å²) in [4.78, 5) is 5.56. The van der Waals surface area contributed by atoms with Gasteiger partial charge in [0.1, 0.15) is 0 Å². The Labute approximate surface area is 115 Å². The second-order valence-electron chi connectivity index (χ2n) is 5.69. The van der Waals surface area contributed by atoms with Crippen LogP contribution in [0.25, 0.3) is 0 Å². The normalized spacial score (nSPS) is 27.3. The van der Waals surface area contributed by atoms with Crippen LogP contribution in [0.4, 0.5) is 0 Å². The van der Waals surface area contributed by atoms with Gasteiger partial charge < -0.3 is 5.32 Å². The van der Waals surface area contributed by atoms with Crippen molar-refractivity contribution in [1.82, 2.24) is 10.2 Å². The molecule has 1 fully saturated rings. The molecule has 0 aromatic carbocycles. The van der Waals surface area contributed by atoms with Crippen LogP contribution in [0.1, 0.15) is 36.9 Å². The minimum Gasteiger partial charge on any atom is -0.311 e. The molecule has 1 saturated heterocycles. The molecular weight excluding hydrogens is 240 g/mol. The van der Waals surface area contributed by atoms with E-state index in [-0.39, 0.29) is 0 Å². The van der Waals surface area contributed by atoms with Crippen molar-refractivity contribution in [3.05, 3.63) is 21.9 Å². The molecule has 2 nitrogen and oxygen atoms in total. The van der Waals surface area contributed by atoms with Gasteiger partial charge in [-0.05, 0) is 31.9 Å². The van der Waals surface area contributed by atoms with Gasteiger partial charge in [-0.25, -0.2) is 0 Å². The van der Waals surface area contributed by atoms with E-state index in [4.69, 9.17) is 0 Å². The molecule has 0 saturated carbocycles. The second kappa shape index (κ2) is 6.18. The number of thiophene rings is 1. The van der Waals surface area contributed by atoms with Crippen molar-refractivity contribution < 1.29 is 0 Å². The lowest BCUT2D eigenvalue weighted by Gasteiger charge is -2.40. The Kier molecular flexibility index (Phi) is 4.82. The zero-order valence-electron chi connectivity index (χ0n) is 12.1. The molecule has 0 radical (unpaired) electrons. The maximum absolute atomic E-state index is 3.70. The van der Waals surface area contributed by atoms with Crippen molar-refractivity contribution in [1.29, 1.82) is 0 Å². The van der Waals surface area contributed by atoms with Crippen LogP contribution in [-0.4, -0.2) is 30.1 Å². The molecule has 1 N–H and O–H groups in total. The van der Waals surface area contributed by atoms with Crippen LogP contribution in [0.5, 0.6) is 0 Å². The summed E-state index contributed by atoms with van der Waals surface area (Å²) < 4.78 is 0. The summed E-state index contributed by atoms with van der Waals surface area (Å²) in [5.41, 5.74) is 0. The van der Waals surface area contributed by atoms with E-state index in [9.17, 15) is 0 Å². The SMILES string of the molecule is CCC(C)C1CN(Cc2ccc(C)s2)C(C)CN1. The van der Waals surface area contributed by atoms with Crippen LogP contribution in [0.3, 0.4) is 0 Å². The third kappa shape index (κ3) is 3.34. The van der Waals surface area contributed by atoms with E-state index >= 15 is 0 Å². The van der Waals surface area contributed by atoms with Gasteiger partial charge in [0.05, 0.1) is 0 Å². The fraction of sp³-hybridized carbons (Fsp3) is 0.733. The topological polar surface area (TPSA) is 15.3 Å². The summed E-state index contributed by atoms with van der Waals surface area (Å²) >= 11 is 1.94. The Hall–Kier alpha value is -0.380. The summed E-state index contributed by atoms with van der Waals surface area (Å²) in [5, 5.41) is 3.70. The first kappa shape index (κ1) is 14.0. The van der Waals surface area contributed by atoms with Gasteiger partial charge in [0.25, 0.3) is 0 Å². The van der Waals surface area contributed by atoms with Gasteiger partial charge in [0.2, 0.25) is 0 Å². The van der Waals surface area contributed by atoms with E-state index in [1.165, 1.54) is 22.7 Å². The monoisotopic (exact) mass is 266 g/mol. The third-order valence-electron chi connectivity index (χ3n) is 4.22. The number of hydrogen-bond donors (Lipinski definition) is 1. The molecule has 0 amide bonds. The van der Waals surface area contributed by atoms with Gasteiger partial charge in [0, 0.05) is 41.5 Å². The highest BCUT2D eigenvalue weighted by Crippen LogP contribution is 2.21. The van der Waals surface area contributed by atoms with Crippen molar-refractivity contribution >= 4 is 11.3 Å². The Morgan fingerprint density at radius 1 is 1.50 bits per heavy atom. The summed E-state index contributed by atoms with van der Waals surface area (Å²) in [5.74, 6) is 0.769. The van der Waals surface area contributed by atoms with Crippen LogP contribution in [0.15, 0.2) is 12.1 Å². The third-order valence-corrected chi connectivity index (χ3v) is 5.20. The molecule has 0 spiro atoms. The molecule has 102 valence electrons. The molecule has 2 rings (SSSR count). The van der Waals surface area contributed by atoms with Gasteiger partial charge in [-0.3, -0.25) is 4.90 Å². The Morgan fingerprint density at radius 2 is 2.28 bits per heavy atom. The highest BCUT2D eigenvalue weighted by atomic mass is 32.1. The fourth-order valence-electron chi connectivity index (χ4n) is 2.60. The van der Waals surface area contributed by atoms with E-state index in [1.807, 2.05) is 11.3 Å². The Morgan fingerprint density at radius 3 is 2.89 bits per heavy atom. The lowest BCUT2D eigenvalue weighted by molar-refractivity contribution is 0.113. The Bertz CT molecular complexity index is 374. The first-order valence-electron chi connectivity index (χ1n) is 7.13. The standard InChI is InChI=1S/C15H26N2S/c1-5-11(2)15-10-17(12(3)8-16-15)9-14-7-6-13(4)18-14/h6-7,11-12,15-16H,5,8-10H2,1-4H3. The molecule has 1 aliphatic heterocycles. The largest absolute Gasteiger partial charge is 0.311 e. The average molecular weight is 266 g/mol. The molecule has 3 atom stereocenters. The number of nitrogens with one attached hydrogen (secondary N) is 1. The minimum absolute atomic E-state index is 0.646. The highest BCUT2D eigenvalue weighted by Gasteiger charge is 2.27. The number of rotatable bonds is 4. The quantitative estimate of drug-likeness (QED) is 0.900. The van der Waals surface area contributed by atoms with Gasteiger partial charge in [-0.1, -0.05) is 20.3 Å². The second-order valence-corrected chi connectivity index (χ2v) is 7.06. The number of piperazine rings is 1. The predicted octanol–water partition coefficient (Wildman–Crippen LogP) is 3.26. The molecule has 1 aromatic heterocycles. The highest BCUT2D eigenvalue weighted by molar-refractivity contribution is 7.11. The molecular formula is C15H26N2S. The molecule has 18 heavy (non-hydrogen) atoms. The van der Waals surface area contributed by atoms with Gasteiger partial charge in [-0.15, -0.1) is 11.3 Å².